The van der Waals surface area contributed by atoms with Crippen LogP contribution in [-0.4, -0.2) is 44.9 Å². The number of hydrogen-bond donors (Lipinski definition) is 0. The molecule has 1 aliphatic heterocycles. The molecule has 1 aliphatic carbocycles. The molecule has 7 nitrogen and oxygen atoms in total. The lowest BCUT2D eigenvalue weighted by Gasteiger charge is -2.31. The number of hydrogen-bond acceptors (Lipinski definition) is 4. The van der Waals surface area contributed by atoms with Crippen LogP contribution < -0.4 is 10.4 Å². The molecule has 0 atom stereocenters. The van der Waals surface area contributed by atoms with E-state index in [1.54, 1.807) is 31.3 Å². The van der Waals surface area contributed by atoms with Crippen LogP contribution in [0.1, 0.15) is 43.5 Å². The van der Waals surface area contributed by atoms with Gasteiger partial charge in [-0.05, 0) is 49.9 Å². The molecule has 2 fully saturated rings. The minimum Gasteiger partial charge on any atom is -0.484 e. The van der Waals surface area contributed by atoms with Crippen LogP contribution in [0.4, 0.5) is 0 Å². The van der Waals surface area contributed by atoms with E-state index in [-0.39, 0.29) is 24.1 Å². The fourth-order valence-electron chi connectivity index (χ4n) is 3.61. The second kappa shape index (κ2) is 7.38. The zero-order valence-corrected chi connectivity index (χ0v) is 16.1. The lowest BCUT2D eigenvalue weighted by atomic mass is 9.96. The predicted molar refractivity (Wildman–Crippen MR) is 101 cm³/mol. The van der Waals surface area contributed by atoms with Gasteiger partial charge in [-0.1, -0.05) is 11.6 Å². The van der Waals surface area contributed by atoms with Gasteiger partial charge >= 0.3 is 5.69 Å². The first-order valence-corrected chi connectivity index (χ1v) is 9.72. The summed E-state index contributed by atoms with van der Waals surface area (Å²) in [6.07, 6.45) is 3.74. The highest BCUT2D eigenvalue weighted by Crippen LogP contribution is 2.37. The van der Waals surface area contributed by atoms with Crippen molar-refractivity contribution in [1.82, 2.24) is 19.2 Å². The van der Waals surface area contributed by atoms with Crippen molar-refractivity contribution in [3.8, 4) is 5.75 Å². The molecule has 8 heteroatoms. The van der Waals surface area contributed by atoms with Gasteiger partial charge in [0.15, 0.2) is 6.61 Å². The molecule has 4 rings (SSSR count). The molecule has 0 bridgehead atoms. The quantitative estimate of drug-likeness (QED) is 0.785. The van der Waals surface area contributed by atoms with Crippen molar-refractivity contribution in [2.24, 2.45) is 7.05 Å². The first kappa shape index (κ1) is 18.1. The second-order valence-electron chi connectivity index (χ2n) is 7.26. The average molecular weight is 391 g/mol. The third-order valence-corrected chi connectivity index (χ3v) is 5.53. The van der Waals surface area contributed by atoms with E-state index in [4.69, 9.17) is 16.3 Å². The second-order valence-corrected chi connectivity index (χ2v) is 7.70. The molecule has 2 heterocycles. The van der Waals surface area contributed by atoms with Crippen molar-refractivity contribution < 1.29 is 9.53 Å². The highest BCUT2D eigenvalue weighted by molar-refractivity contribution is 6.30. The van der Waals surface area contributed by atoms with E-state index < -0.39 is 0 Å². The van der Waals surface area contributed by atoms with Crippen LogP contribution in [0.25, 0.3) is 0 Å². The highest BCUT2D eigenvalue weighted by atomic mass is 35.5. The van der Waals surface area contributed by atoms with Crippen LogP contribution >= 0.6 is 11.6 Å². The predicted octanol–water partition coefficient (Wildman–Crippen LogP) is 2.36. The number of amides is 1. The number of carbonyl (C=O) groups excluding carboxylic acids is 1. The maximum atomic E-state index is 12.4. The molecule has 2 aliphatic rings. The number of benzene rings is 1. The Hall–Kier alpha value is -2.28. The maximum Gasteiger partial charge on any atom is 0.345 e. The largest absolute Gasteiger partial charge is 0.484 e. The molecule has 0 spiro atoms. The average Bonchev–Trinajstić information content (AvgIpc) is 3.47. The summed E-state index contributed by atoms with van der Waals surface area (Å²) in [6, 6.07) is 7.28. The number of halogens is 1. The Morgan fingerprint density at radius 3 is 2.48 bits per heavy atom. The lowest BCUT2D eigenvalue weighted by molar-refractivity contribution is -0.134. The van der Waals surface area contributed by atoms with E-state index in [1.807, 2.05) is 9.47 Å². The third kappa shape index (κ3) is 3.88. The Kier molecular flexibility index (Phi) is 4.95. The maximum absolute atomic E-state index is 12.4. The van der Waals surface area contributed by atoms with E-state index in [9.17, 15) is 9.59 Å². The van der Waals surface area contributed by atoms with Crippen LogP contribution in [0.15, 0.2) is 29.1 Å². The molecule has 0 N–H and O–H groups in total. The van der Waals surface area contributed by atoms with Gasteiger partial charge in [0.25, 0.3) is 5.91 Å². The van der Waals surface area contributed by atoms with Crippen molar-refractivity contribution >= 4 is 17.5 Å². The number of rotatable bonds is 5. The van der Waals surface area contributed by atoms with Crippen LogP contribution in [-0.2, 0) is 11.8 Å². The molecule has 1 amide bonds. The van der Waals surface area contributed by atoms with Gasteiger partial charge in [0, 0.05) is 37.1 Å². The minimum atomic E-state index is -0.0256. The van der Waals surface area contributed by atoms with Gasteiger partial charge in [-0.25, -0.2) is 9.48 Å². The fraction of sp³-hybridized carbons (Fsp3) is 0.526. The van der Waals surface area contributed by atoms with Crippen molar-refractivity contribution in [1.29, 1.82) is 0 Å². The summed E-state index contributed by atoms with van der Waals surface area (Å²) in [5.74, 6) is 1.71. The van der Waals surface area contributed by atoms with Gasteiger partial charge in [-0.3, -0.25) is 9.36 Å². The topological polar surface area (TPSA) is 69.4 Å². The Balaban J connectivity index is 1.33. The number of aryl methyl sites for hydroxylation is 1. The van der Waals surface area contributed by atoms with Crippen molar-refractivity contribution in [2.75, 3.05) is 19.7 Å². The van der Waals surface area contributed by atoms with Crippen LogP contribution in [0, 0.1) is 0 Å². The Bertz CT molecular complexity index is 877. The molecular weight excluding hydrogens is 368 g/mol. The van der Waals surface area contributed by atoms with E-state index in [2.05, 4.69) is 5.10 Å². The molecule has 0 unspecified atom stereocenters. The van der Waals surface area contributed by atoms with Crippen molar-refractivity contribution in [3.63, 3.8) is 0 Å². The molecule has 1 aromatic heterocycles. The van der Waals surface area contributed by atoms with Crippen LogP contribution in [0.5, 0.6) is 5.75 Å². The summed E-state index contributed by atoms with van der Waals surface area (Å²) >= 11 is 5.85. The Morgan fingerprint density at radius 1 is 1.19 bits per heavy atom. The molecule has 1 saturated heterocycles. The standard InChI is InChI=1S/C19H23ClN4O3/c1-22-19(26)24(15-4-5-15)18(21-22)13-8-10-23(11-9-13)17(25)12-27-16-6-2-14(20)3-7-16/h2-3,6-7,13,15H,4-5,8-12H2,1H3. The van der Waals surface area contributed by atoms with Gasteiger partial charge < -0.3 is 9.64 Å². The number of ether oxygens (including phenoxy) is 1. The normalized spacial score (nSPS) is 17.9. The molecule has 144 valence electrons. The number of carbonyl (C=O) groups is 1. The molecule has 1 saturated carbocycles. The Labute approximate surface area is 162 Å². The van der Waals surface area contributed by atoms with Crippen LogP contribution in [0.3, 0.4) is 0 Å². The van der Waals surface area contributed by atoms with Gasteiger partial charge in [-0.15, -0.1) is 0 Å². The number of nitrogens with zero attached hydrogens (tertiary/aromatic N) is 4. The summed E-state index contributed by atoms with van der Waals surface area (Å²) in [7, 11) is 1.71. The van der Waals surface area contributed by atoms with E-state index in [1.165, 1.54) is 4.68 Å². The van der Waals surface area contributed by atoms with Gasteiger partial charge in [0.05, 0.1) is 0 Å². The molecule has 1 aromatic carbocycles. The SMILES string of the molecule is Cn1nc(C2CCN(C(=O)COc3ccc(Cl)cc3)CC2)n(C2CC2)c1=O. The lowest BCUT2D eigenvalue weighted by Crippen LogP contribution is -2.41. The number of aromatic nitrogens is 3. The summed E-state index contributed by atoms with van der Waals surface area (Å²) < 4.78 is 8.86. The van der Waals surface area contributed by atoms with Gasteiger partial charge in [0.1, 0.15) is 11.6 Å². The summed E-state index contributed by atoms with van der Waals surface area (Å²) in [4.78, 5) is 26.6. The van der Waals surface area contributed by atoms with Gasteiger partial charge in [0.2, 0.25) is 0 Å². The molecule has 0 radical (unpaired) electrons. The van der Waals surface area contributed by atoms with E-state index in [0.29, 0.717) is 29.9 Å². The number of piperidine rings is 1. The third-order valence-electron chi connectivity index (χ3n) is 5.28. The molecular formula is C19H23ClN4O3. The van der Waals surface area contributed by atoms with E-state index >= 15 is 0 Å². The van der Waals surface area contributed by atoms with Gasteiger partial charge in [-0.2, -0.15) is 5.10 Å². The highest BCUT2D eigenvalue weighted by Gasteiger charge is 2.34. The Morgan fingerprint density at radius 2 is 1.85 bits per heavy atom. The van der Waals surface area contributed by atoms with Crippen LogP contribution in [0.2, 0.25) is 5.02 Å². The smallest absolute Gasteiger partial charge is 0.345 e. The van der Waals surface area contributed by atoms with E-state index in [0.717, 1.165) is 31.5 Å². The monoisotopic (exact) mass is 390 g/mol. The first-order chi connectivity index (χ1) is 13.0. The summed E-state index contributed by atoms with van der Waals surface area (Å²) in [6.45, 7) is 1.33. The minimum absolute atomic E-state index is 0.0165. The fourth-order valence-corrected chi connectivity index (χ4v) is 3.73. The first-order valence-electron chi connectivity index (χ1n) is 9.34. The zero-order valence-electron chi connectivity index (χ0n) is 15.3. The van der Waals surface area contributed by atoms with Crippen molar-refractivity contribution in [2.45, 2.75) is 37.6 Å². The molecule has 2 aromatic rings. The summed E-state index contributed by atoms with van der Waals surface area (Å²) in [5, 5.41) is 5.11. The van der Waals surface area contributed by atoms with Crippen molar-refractivity contribution in [3.05, 3.63) is 45.6 Å². The summed E-state index contributed by atoms with van der Waals surface area (Å²) in [5.41, 5.74) is -0.0256. The zero-order chi connectivity index (χ0) is 19.0. The number of likely N-dealkylation sites (tertiary alicyclic amines) is 1. The molecule has 27 heavy (non-hydrogen) atoms.